The van der Waals surface area contributed by atoms with Gasteiger partial charge in [0, 0.05) is 41.2 Å². The fourth-order valence-electron chi connectivity index (χ4n) is 4.82. The summed E-state index contributed by atoms with van der Waals surface area (Å²) in [7, 11) is 0. The Morgan fingerprint density at radius 3 is 2.50 bits per heavy atom. The van der Waals surface area contributed by atoms with Crippen LogP contribution in [0.3, 0.4) is 0 Å². The van der Waals surface area contributed by atoms with Crippen LogP contribution in [0.5, 0.6) is 5.75 Å². The monoisotopic (exact) mass is 511 g/mol. The van der Waals surface area contributed by atoms with Crippen molar-refractivity contribution >= 4 is 22.7 Å². The van der Waals surface area contributed by atoms with Crippen LogP contribution in [0.15, 0.2) is 79.0 Å². The zero-order valence-electron chi connectivity index (χ0n) is 22.8. The summed E-state index contributed by atoms with van der Waals surface area (Å²) in [5.41, 5.74) is 4.62. The van der Waals surface area contributed by atoms with E-state index in [1.165, 1.54) is 5.56 Å². The number of hydrogen-bond donors (Lipinski definition) is 0. The van der Waals surface area contributed by atoms with Crippen LogP contribution >= 0.6 is 0 Å². The number of ether oxygens (including phenoxy) is 2. The molecule has 0 saturated heterocycles. The third-order valence-corrected chi connectivity index (χ3v) is 6.59. The van der Waals surface area contributed by atoms with Gasteiger partial charge in [-0.05, 0) is 61.9 Å². The van der Waals surface area contributed by atoms with E-state index in [1.807, 2.05) is 66.2 Å². The minimum atomic E-state index is -0.196. The predicted octanol–water partition coefficient (Wildman–Crippen LogP) is 7.55. The Bertz CT molecular complexity index is 1400. The first-order chi connectivity index (χ1) is 18.4. The second kappa shape index (κ2) is 12.6. The van der Waals surface area contributed by atoms with Gasteiger partial charge in [-0.2, -0.15) is 0 Å². The lowest BCUT2D eigenvalue weighted by Crippen LogP contribution is -2.06. The molecule has 4 rings (SSSR count). The van der Waals surface area contributed by atoms with Gasteiger partial charge >= 0.3 is 5.97 Å². The van der Waals surface area contributed by atoms with Gasteiger partial charge in [-0.3, -0.25) is 9.59 Å². The molecule has 0 fully saturated rings. The molecule has 0 aliphatic rings. The van der Waals surface area contributed by atoms with E-state index in [2.05, 4.69) is 38.1 Å². The van der Waals surface area contributed by atoms with Gasteiger partial charge in [-0.1, -0.05) is 68.4 Å². The molecule has 0 aliphatic heterocycles. The number of fused-ring (bicyclic) bond motifs is 1. The number of para-hydroxylation sites is 1. The molecule has 1 aromatic heterocycles. The van der Waals surface area contributed by atoms with Gasteiger partial charge in [-0.25, -0.2) is 0 Å². The Morgan fingerprint density at radius 1 is 0.921 bits per heavy atom. The van der Waals surface area contributed by atoms with Crippen LogP contribution in [0.4, 0.5) is 0 Å². The molecular weight excluding hydrogens is 474 g/mol. The minimum absolute atomic E-state index is 0.0534. The smallest absolute Gasteiger partial charge is 0.305 e. The van der Waals surface area contributed by atoms with Crippen LogP contribution < -0.4 is 4.74 Å². The summed E-state index contributed by atoms with van der Waals surface area (Å²) in [5.74, 6) is 1.00. The highest BCUT2D eigenvalue weighted by molar-refractivity contribution is 6.16. The van der Waals surface area contributed by atoms with E-state index in [1.54, 1.807) is 6.92 Å². The summed E-state index contributed by atoms with van der Waals surface area (Å²) in [4.78, 5) is 25.4. The molecule has 5 heteroatoms. The van der Waals surface area contributed by atoms with Crippen molar-refractivity contribution < 1.29 is 19.1 Å². The number of esters is 1. The first-order valence-corrected chi connectivity index (χ1v) is 13.5. The Balaban J connectivity index is 1.52. The number of aromatic nitrogens is 1. The van der Waals surface area contributed by atoms with Crippen molar-refractivity contribution in [1.29, 1.82) is 0 Å². The lowest BCUT2D eigenvalue weighted by molar-refractivity contribution is -0.143. The van der Waals surface area contributed by atoms with Gasteiger partial charge in [0.2, 0.25) is 0 Å². The number of hydrogen-bond acceptors (Lipinski definition) is 4. The lowest BCUT2D eigenvalue weighted by Gasteiger charge is -2.17. The summed E-state index contributed by atoms with van der Waals surface area (Å²) in [5, 5.41) is 0.898. The van der Waals surface area contributed by atoms with Crippen molar-refractivity contribution in [2.75, 3.05) is 6.61 Å². The maximum atomic E-state index is 13.7. The molecule has 198 valence electrons. The largest absolute Gasteiger partial charge is 0.486 e. The highest BCUT2D eigenvalue weighted by Crippen LogP contribution is 2.28. The standard InChI is InChI=1S/C33H37NO4/c1-5-37-32(35)17-10-18-34-22-30(29-15-6-7-16-31(29)34)33(36)27-13-9-14-28(21-27)38-24(4)26-12-8-11-25(20-26)19-23(2)3/h6-9,11-16,20-24H,5,10,17-19H2,1-4H3. The fraction of sp³-hybridized carbons (Fsp3) is 0.333. The Labute approximate surface area is 225 Å². The number of benzene rings is 3. The van der Waals surface area contributed by atoms with Crippen LogP contribution in [0, 0.1) is 5.92 Å². The van der Waals surface area contributed by atoms with Crippen LogP contribution in [-0.2, 0) is 22.5 Å². The second-order valence-corrected chi connectivity index (χ2v) is 10.1. The molecule has 38 heavy (non-hydrogen) atoms. The van der Waals surface area contributed by atoms with Crippen molar-refractivity contribution in [3.8, 4) is 5.75 Å². The average Bonchev–Trinajstić information content (AvgIpc) is 3.27. The Kier molecular flexibility index (Phi) is 9.01. The number of rotatable bonds is 12. The molecule has 0 radical (unpaired) electrons. The maximum Gasteiger partial charge on any atom is 0.305 e. The highest BCUT2D eigenvalue weighted by atomic mass is 16.5. The van der Waals surface area contributed by atoms with Crippen molar-refractivity contribution in [2.24, 2.45) is 5.92 Å². The molecule has 1 atom stereocenters. The van der Waals surface area contributed by atoms with Crippen LogP contribution in [0.1, 0.15) is 73.7 Å². The summed E-state index contributed by atoms with van der Waals surface area (Å²) in [6.45, 7) is 9.29. The van der Waals surface area contributed by atoms with Crippen LogP contribution in [-0.4, -0.2) is 22.9 Å². The van der Waals surface area contributed by atoms with E-state index in [-0.39, 0.29) is 17.9 Å². The van der Waals surface area contributed by atoms with Gasteiger partial charge in [0.1, 0.15) is 11.9 Å². The molecule has 3 aromatic carbocycles. The second-order valence-electron chi connectivity index (χ2n) is 10.1. The van der Waals surface area contributed by atoms with Crippen LogP contribution in [0.2, 0.25) is 0 Å². The number of carbonyl (C=O) groups excluding carboxylic acids is 2. The van der Waals surface area contributed by atoms with Crippen LogP contribution in [0.25, 0.3) is 10.9 Å². The third-order valence-electron chi connectivity index (χ3n) is 6.59. The first kappa shape index (κ1) is 27.2. The van der Waals surface area contributed by atoms with Gasteiger partial charge < -0.3 is 14.0 Å². The molecule has 0 aliphatic carbocycles. The zero-order chi connectivity index (χ0) is 27.1. The molecule has 0 N–H and O–H groups in total. The third kappa shape index (κ3) is 6.71. The summed E-state index contributed by atoms with van der Waals surface area (Å²) in [6, 6.07) is 23.8. The van der Waals surface area contributed by atoms with Crippen molar-refractivity contribution in [2.45, 2.75) is 59.6 Å². The first-order valence-electron chi connectivity index (χ1n) is 13.5. The highest BCUT2D eigenvalue weighted by Gasteiger charge is 2.18. The molecule has 5 nitrogen and oxygen atoms in total. The summed E-state index contributed by atoms with van der Waals surface area (Å²) >= 11 is 0. The van der Waals surface area contributed by atoms with Crippen molar-refractivity contribution in [3.63, 3.8) is 0 Å². The minimum Gasteiger partial charge on any atom is -0.486 e. The topological polar surface area (TPSA) is 57.5 Å². The number of nitrogens with zero attached hydrogens (tertiary/aromatic N) is 1. The Hall–Kier alpha value is -3.86. The predicted molar refractivity (Wildman–Crippen MR) is 152 cm³/mol. The number of aryl methyl sites for hydroxylation is 1. The quantitative estimate of drug-likeness (QED) is 0.145. The van der Waals surface area contributed by atoms with Gasteiger partial charge in [0.25, 0.3) is 0 Å². The molecule has 4 aromatic rings. The molecule has 0 saturated carbocycles. The number of ketones is 1. The maximum absolute atomic E-state index is 13.7. The lowest BCUT2D eigenvalue weighted by atomic mass is 9.99. The van der Waals surface area contributed by atoms with E-state index >= 15 is 0 Å². The molecule has 0 bridgehead atoms. The van der Waals surface area contributed by atoms with E-state index in [0.29, 0.717) is 48.8 Å². The molecule has 1 heterocycles. The SMILES string of the molecule is CCOC(=O)CCCn1cc(C(=O)c2cccc(OC(C)c3cccc(CC(C)C)c3)c2)c2ccccc21. The summed E-state index contributed by atoms with van der Waals surface area (Å²) in [6.07, 6.45) is 3.77. The summed E-state index contributed by atoms with van der Waals surface area (Å²) < 4.78 is 13.4. The normalized spacial score (nSPS) is 12.0. The molecular formula is C33H37NO4. The fourth-order valence-corrected chi connectivity index (χ4v) is 4.82. The van der Waals surface area contributed by atoms with Gasteiger partial charge in [0.05, 0.1) is 6.61 Å². The average molecular weight is 512 g/mol. The van der Waals surface area contributed by atoms with E-state index in [9.17, 15) is 9.59 Å². The number of carbonyl (C=O) groups is 2. The van der Waals surface area contributed by atoms with Gasteiger partial charge in [-0.15, -0.1) is 0 Å². The van der Waals surface area contributed by atoms with Crippen molar-refractivity contribution in [3.05, 3.63) is 101 Å². The molecule has 0 amide bonds. The zero-order valence-corrected chi connectivity index (χ0v) is 22.8. The van der Waals surface area contributed by atoms with Gasteiger partial charge in [0.15, 0.2) is 5.78 Å². The van der Waals surface area contributed by atoms with E-state index < -0.39 is 0 Å². The molecule has 1 unspecified atom stereocenters. The Morgan fingerprint density at radius 2 is 1.71 bits per heavy atom. The van der Waals surface area contributed by atoms with E-state index in [0.717, 1.165) is 22.9 Å². The molecule has 0 spiro atoms. The van der Waals surface area contributed by atoms with E-state index in [4.69, 9.17) is 9.47 Å². The van der Waals surface area contributed by atoms with Crippen molar-refractivity contribution in [1.82, 2.24) is 4.57 Å².